The Kier molecular flexibility index (Phi) is 5.09. The van der Waals surface area contributed by atoms with Crippen LogP contribution in [0.1, 0.15) is 32.6 Å². The average Bonchev–Trinajstić information content (AvgIpc) is 2.62. The largest absolute Gasteiger partial charge is 0.397 e. The van der Waals surface area contributed by atoms with Crippen LogP contribution in [0.4, 0.5) is 0 Å². The molecule has 0 aromatic heterocycles. The molecule has 84 valence electrons. The Morgan fingerprint density at radius 3 is 2.64 bits per heavy atom. The van der Waals surface area contributed by atoms with Crippen molar-refractivity contribution in [1.29, 1.82) is 0 Å². The standard InChI is InChI=1S/C10H23NO2Si/c1-4-5-8-11-10-7-6-9-14(10,12-2)13-3/h10-11H,4-9H2,1-3H3. The lowest BCUT2D eigenvalue weighted by atomic mass is 10.3. The molecule has 0 spiro atoms. The van der Waals surface area contributed by atoms with Gasteiger partial charge in [0, 0.05) is 14.2 Å². The molecule has 1 aliphatic heterocycles. The van der Waals surface area contributed by atoms with Crippen molar-refractivity contribution in [3.63, 3.8) is 0 Å². The van der Waals surface area contributed by atoms with Crippen LogP contribution in [-0.4, -0.2) is 35.0 Å². The lowest BCUT2D eigenvalue weighted by molar-refractivity contribution is 0.232. The van der Waals surface area contributed by atoms with Gasteiger partial charge in [-0.15, -0.1) is 0 Å². The summed E-state index contributed by atoms with van der Waals surface area (Å²) in [6, 6.07) is 1.14. The number of hydrogen-bond donors (Lipinski definition) is 1. The molecule has 0 aliphatic carbocycles. The third-order valence-electron chi connectivity index (χ3n) is 3.16. The summed E-state index contributed by atoms with van der Waals surface area (Å²) >= 11 is 0. The fraction of sp³-hybridized carbons (Fsp3) is 1.00. The van der Waals surface area contributed by atoms with E-state index in [2.05, 4.69) is 12.2 Å². The molecular weight excluding hydrogens is 194 g/mol. The molecule has 3 nitrogen and oxygen atoms in total. The molecule has 0 bridgehead atoms. The molecule has 0 saturated carbocycles. The van der Waals surface area contributed by atoms with Gasteiger partial charge in [0.2, 0.25) is 0 Å². The molecule has 4 heteroatoms. The van der Waals surface area contributed by atoms with Crippen molar-refractivity contribution in [2.45, 2.75) is 44.3 Å². The van der Waals surface area contributed by atoms with Gasteiger partial charge in [-0.05, 0) is 31.9 Å². The van der Waals surface area contributed by atoms with Gasteiger partial charge in [0.15, 0.2) is 0 Å². The van der Waals surface area contributed by atoms with E-state index in [1.165, 1.54) is 25.7 Å². The van der Waals surface area contributed by atoms with Crippen molar-refractivity contribution in [2.75, 3.05) is 20.8 Å². The number of nitrogens with one attached hydrogen (secondary N) is 1. The summed E-state index contributed by atoms with van der Waals surface area (Å²) in [6.45, 7) is 3.32. The molecule has 1 fully saturated rings. The first kappa shape index (κ1) is 12.2. The van der Waals surface area contributed by atoms with Crippen LogP contribution in [0.15, 0.2) is 0 Å². The molecule has 1 aliphatic rings. The zero-order chi connectivity index (χ0) is 10.4. The Labute approximate surface area is 88.4 Å². The minimum Gasteiger partial charge on any atom is -0.397 e. The molecule has 1 saturated heterocycles. The molecule has 1 atom stereocenters. The van der Waals surface area contributed by atoms with Crippen molar-refractivity contribution >= 4 is 8.56 Å². The van der Waals surface area contributed by atoms with Crippen LogP contribution in [0.5, 0.6) is 0 Å². The maximum absolute atomic E-state index is 5.65. The molecule has 1 N–H and O–H groups in total. The fourth-order valence-corrected chi connectivity index (χ4v) is 5.52. The molecule has 0 aromatic rings. The summed E-state index contributed by atoms with van der Waals surface area (Å²) in [5, 5.41) is 3.59. The van der Waals surface area contributed by atoms with E-state index >= 15 is 0 Å². The molecular formula is C10H23NO2Si. The van der Waals surface area contributed by atoms with Crippen LogP contribution in [0, 0.1) is 0 Å². The van der Waals surface area contributed by atoms with Crippen LogP contribution in [0.25, 0.3) is 0 Å². The summed E-state index contributed by atoms with van der Waals surface area (Å²) in [5.74, 6) is 0. The molecule has 1 rings (SSSR count). The zero-order valence-corrected chi connectivity index (χ0v) is 10.6. The van der Waals surface area contributed by atoms with Gasteiger partial charge in [-0.1, -0.05) is 13.3 Å². The summed E-state index contributed by atoms with van der Waals surface area (Å²) < 4.78 is 11.3. The van der Waals surface area contributed by atoms with E-state index in [9.17, 15) is 0 Å². The van der Waals surface area contributed by atoms with E-state index in [4.69, 9.17) is 8.85 Å². The first-order chi connectivity index (χ1) is 6.79. The van der Waals surface area contributed by atoms with Gasteiger partial charge in [-0.25, -0.2) is 0 Å². The Balaban J connectivity index is 2.41. The Bertz CT molecular complexity index is 162. The Morgan fingerprint density at radius 1 is 1.36 bits per heavy atom. The molecule has 0 aromatic carbocycles. The second-order valence-electron chi connectivity index (χ2n) is 3.97. The predicted molar refractivity (Wildman–Crippen MR) is 60.5 cm³/mol. The van der Waals surface area contributed by atoms with E-state index in [1.54, 1.807) is 14.2 Å². The fourth-order valence-electron chi connectivity index (χ4n) is 2.23. The van der Waals surface area contributed by atoms with Crippen LogP contribution in [0.2, 0.25) is 6.04 Å². The highest BCUT2D eigenvalue weighted by molar-refractivity contribution is 6.69. The van der Waals surface area contributed by atoms with Crippen molar-refractivity contribution in [2.24, 2.45) is 0 Å². The van der Waals surface area contributed by atoms with Gasteiger partial charge in [0.25, 0.3) is 0 Å². The summed E-state index contributed by atoms with van der Waals surface area (Å²) in [5.41, 5.74) is 0.504. The quantitative estimate of drug-likeness (QED) is 0.544. The van der Waals surface area contributed by atoms with Gasteiger partial charge in [0.05, 0.1) is 5.67 Å². The number of rotatable bonds is 6. The van der Waals surface area contributed by atoms with Gasteiger partial charge in [-0.3, -0.25) is 0 Å². The molecule has 1 unspecified atom stereocenters. The monoisotopic (exact) mass is 217 g/mol. The van der Waals surface area contributed by atoms with Crippen molar-refractivity contribution in [3.8, 4) is 0 Å². The van der Waals surface area contributed by atoms with E-state index in [0.29, 0.717) is 5.67 Å². The van der Waals surface area contributed by atoms with Gasteiger partial charge in [-0.2, -0.15) is 0 Å². The van der Waals surface area contributed by atoms with Gasteiger partial charge < -0.3 is 14.2 Å². The van der Waals surface area contributed by atoms with Crippen LogP contribution >= 0.6 is 0 Å². The van der Waals surface area contributed by atoms with Crippen LogP contribution in [-0.2, 0) is 8.85 Å². The van der Waals surface area contributed by atoms with Crippen LogP contribution < -0.4 is 5.32 Å². The minimum atomic E-state index is -1.87. The lowest BCUT2D eigenvalue weighted by Crippen LogP contribution is -2.55. The first-order valence-corrected chi connectivity index (χ1v) is 7.73. The lowest BCUT2D eigenvalue weighted by Gasteiger charge is -2.29. The second-order valence-corrected chi connectivity index (χ2v) is 7.61. The van der Waals surface area contributed by atoms with Gasteiger partial charge >= 0.3 is 8.56 Å². The number of unbranched alkanes of at least 4 members (excludes halogenated alkanes) is 1. The Hall–Kier alpha value is 0.0969. The van der Waals surface area contributed by atoms with Crippen molar-refractivity contribution < 1.29 is 8.85 Å². The minimum absolute atomic E-state index is 0.504. The average molecular weight is 217 g/mol. The molecule has 0 radical (unpaired) electrons. The van der Waals surface area contributed by atoms with Crippen molar-refractivity contribution in [1.82, 2.24) is 5.32 Å². The molecule has 1 heterocycles. The van der Waals surface area contributed by atoms with E-state index in [1.807, 2.05) is 0 Å². The Morgan fingerprint density at radius 2 is 2.07 bits per heavy atom. The normalized spacial score (nSPS) is 25.5. The predicted octanol–water partition coefficient (Wildman–Crippen LogP) is 1.81. The summed E-state index contributed by atoms with van der Waals surface area (Å²) in [4.78, 5) is 0. The maximum Gasteiger partial charge on any atom is 0.355 e. The molecule has 14 heavy (non-hydrogen) atoms. The van der Waals surface area contributed by atoms with Crippen molar-refractivity contribution in [3.05, 3.63) is 0 Å². The third-order valence-corrected chi connectivity index (χ3v) is 7.15. The third kappa shape index (κ3) is 2.57. The maximum atomic E-state index is 5.65. The smallest absolute Gasteiger partial charge is 0.355 e. The second kappa shape index (κ2) is 5.85. The van der Waals surface area contributed by atoms with E-state index < -0.39 is 8.56 Å². The highest BCUT2D eigenvalue weighted by Gasteiger charge is 2.48. The molecule has 0 amide bonds. The SMILES string of the molecule is CCCCNC1CCC[Si]1(OC)OC. The summed E-state index contributed by atoms with van der Waals surface area (Å²) in [6.07, 6.45) is 4.96. The zero-order valence-electron chi connectivity index (χ0n) is 9.64. The van der Waals surface area contributed by atoms with E-state index in [-0.39, 0.29) is 0 Å². The highest BCUT2D eigenvalue weighted by atomic mass is 28.4. The number of hydrogen-bond acceptors (Lipinski definition) is 3. The first-order valence-electron chi connectivity index (χ1n) is 5.62. The summed E-state index contributed by atoms with van der Waals surface area (Å²) in [7, 11) is 1.73. The van der Waals surface area contributed by atoms with E-state index in [0.717, 1.165) is 12.6 Å². The van der Waals surface area contributed by atoms with Crippen LogP contribution in [0.3, 0.4) is 0 Å². The van der Waals surface area contributed by atoms with Gasteiger partial charge in [0.1, 0.15) is 0 Å². The highest BCUT2D eigenvalue weighted by Crippen LogP contribution is 2.30. The topological polar surface area (TPSA) is 30.5 Å².